The average Bonchev–Trinajstić information content (AvgIpc) is 3.59. The first kappa shape index (κ1) is 23.8. The number of ether oxygens (including phenoxy) is 1. The van der Waals surface area contributed by atoms with Crippen molar-refractivity contribution in [1.82, 2.24) is 4.90 Å². The second-order valence-electron chi connectivity index (χ2n) is 8.99. The number of methoxy groups -OCH3 is 1. The zero-order valence-corrected chi connectivity index (χ0v) is 19.8. The molecule has 4 nitrogen and oxygen atoms in total. The van der Waals surface area contributed by atoms with Crippen molar-refractivity contribution >= 4 is 27.8 Å². The van der Waals surface area contributed by atoms with Gasteiger partial charge in [-0.25, -0.2) is 0 Å². The highest BCUT2D eigenvalue weighted by Gasteiger charge is 2.49. The molecule has 33 heavy (non-hydrogen) atoms. The molecule has 0 bridgehead atoms. The maximum absolute atomic E-state index is 13.1. The van der Waals surface area contributed by atoms with Crippen LogP contribution in [-0.4, -0.2) is 37.0 Å². The van der Waals surface area contributed by atoms with Crippen molar-refractivity contribution < 1.29 is 27.5 Å². The number of carbonyl (C=O) groups is 2. The lowest BCUT2D eigenvalue weighted by Crippen LogP contribution is -2.50. The summed E-state index contributed by atoms with van der Waals surface area (Å²) in [6.45, 7) is 0.847. The summed E-state index contributed by atoms with van der Waals surface area (Å²) < 4.78 is 44.7. The Kier molecular flexibility index (Phi) is 6.33. The second kappa shape index (κ2) is 8.78. The summed E-state index contributed by atoms with van der Waals surface area (Å²) in [6, 6.07) is 12.7. The van der Waals surface area contributed by atoms with Crippen LogP contribution in [-0.2, 0) is 31.3 Å². The van der Waals surface area contributed by atoms with Crippen LogP contribution in [0, 0.1) is 0 Å². The molecule has 2 aliphatic rings. The summed E-state index contributed by atoms with van der Waals surface area (Å²) in [4.78, 5) is 27.6. The zero-order chi connectivity index (χ0) is 23.9. The lowest BCUT2D eigenvalue weighted by molar-refractivity contribution is -0.151. The fourth-order valence-electron chi connectivity index (χ4n) is 4.85. The van der Waals surface area contributed by atoms with Crippen molar-refractivity contribution in [2.45, 2.75) is 49.1 Å². The molecule has 1 amide bonds. The number of piperidine rings is 1. The van der Waals surface area contributed by atoms with Crippen LogP contribution in [0.3, 0.4) is 0 Å². The van der Waals surface area contributed by atoms with E-state index in [2.05, 4.69) is 15.9 Å². The molecule has 0 aromatic heterocycles. The summed E-state index contributed by atoms with van der Waals surface area (Å²) in [7, 11) is 1.38. The maximum Gasteiger partial charge on any atom is 0.416 e. The quantitative estimate of drug-likeness (QED) is 0.477. The van der Waals surface area contributed by atoms with Crippen LogP contribution in [0.1, 0.15) is 48.8 Å². The Morgan fingerprint density at radius 1 is 0.939 bits per heavy atom. The molecule has 2 aromatic carbocycles. The van der Waals surface area contributed by atoms with Crippen LogP contribution >= 0.6 is 15.9 Å². The highest BCUT2D eigenvalue weighted by molar-refractivity contribution is 9.10. The number of amides is 1. The van der Waals surface area contributed by atoms with E-state index in [-0.39, 0.29) is 23.7 Å². The van der Waals surface area contributed by atoms with Crippen molar-refractivity contribution in [2.24, 2.45) is 0 Å². The summed E-state index contributed by atoms with van der Waals surface area (Å²) in [5, 5.41) is 0. The monoisotopic (exact) mass is 523 g/mol. The SMILES string of the molecule is COC(=O)C1(c2ccc(Br)cc2)CCN(C(=O)CC2(c3ccc(C(F)(F)F)cc3)CC2)CC1. The molecule has 1 aliphatic carbocycles. The van der Waals surface area contributed by atoms with Gasteiger partial charge in [-0.05, 0) is 61.1 Å². The molecule has 0 radical (unpaired) electrons. The third-order valence-corrected chi connectivity index (χ3v) is 7.64. The molecule has 0 atom stereocenters. The highest BCUT2D eigenvalue weighted by atomic mass is 79.9. The van der Waals surface area contributed by atoms with Gasteiger partial charge in [0.15, 0.2) is 0 Å². The summed E-state index contributed by atoms with van der Waals surface area (Å²) in [5.74, 6) is -0.331. The van der Waals surface area contributed by atoms with Gasteiger partial charge in [-0.15, -0.1) is 0 Å². The van der Waals surface area contributed by atoms with Crippen molar-refractivity contribution in [3.8, 4) is 0 Å². The van der Waals surface area contributed by atoms with E-state index in [0.29, 0.717) is 25.9 Å². The fraction of sp³-hybridized carbons (Fsp3) is 0.440. The first-order chi connectivity index (χ1) is 15.6. The number of halogens is 4. The van der Waals surface area contributed by atoms with Gasteiger partial charge in [-0.2, -0.15) is 13.2 Å². The lowest BCUT2D eigenvalue weighted by Gasteiger charge is -2.40. The summed E-state index contributed by atoms with van der Waals surface area (Å²) in [5.41, 5.74) is -0.218. The number of rotatable bonds is 5. The van der Waals surface area contributed by atoms with Crippen molar-refractivity contribution in [1.29, 1.82) is 0 Å². The fourth-order valence-corrected chi connectivity index (χ4v) is 5.11. The van der Waals surface area contributed by atoms with E-state index in [1.54, 1.807) is 4.90 Å². The van der Waals surface area contributed by atoms with E-state index >= 15 is 0 Å². The number of esters is 1. The number of hydrogen-bond acceptors (Lipinski definition) is 3. The van der Waals surface area contributed by atoms with Gasteiger partial charge in [0.1, 0.15) is 0 Å². The predicted octanol–water partition coefficient (Wildman–Crippen LogP) is 5.62. The number of likely N-dealkylation sites (tertiary alicyclic amines) is 1. The number of hydrogen-bond donors (Lipinski definition) is 0. The van der Waals surface area contributed by atoms with Crippen LogP contribution in [0.5, 0.6) is 0 Å². The van der Waals surface area contributed by atoms with Crippen LogP contribution in [0.2, 0.25) is 0 Å². The molecule has 1 heterocycles. The van der Waals surface area contributed by atoms with Gasteiger partial charge in [0.25, 0.3) is 0 Å². The average molecular weight is 524 g/mol. The van der Waals surface area contributed by atoms with Crippen LogP contribution in [0.25, 0.3) is 0 Å². The normalized spacial score (nSPS) is 19.1. The number of benzene rings is 2. The van der Waals surface area contributed by atoms with Gasteiger partial charge in [-0.3, -0.25) is 9.59 Å². The number of alkyl halides is 3. The molecule has 2 aromatic rings. The molecule has 4 rings (SSSR count). The van der Waals surface area contributed by atoms with Crippen molar-refractivity contribution in [2.75, 3.05) is 20.2 Å². The number of carbonyl (C=O) groups excluding carboxylic acids is 2. The third kappa shape index (κ3) is 4.67. The molecular formula is C25H25BrF3NO3. The minimum atomic E-state index is -4.38. The second-order valence-corrected chi connectivity index (χ2v) is 9.91. The van der Waals surface area contributed by atoms with Gasteiger partial charge in [0.05, 0.1) is 18.1 Å². The smallest absolute Gasteiger partial charge is 0.416 e. The minimum absolute atomic E-state index is 0.0262. The topological polar surface area (TPSA) is 46.6 Å². The Balaban J connectivity index is 1.44. The standard InChI is InChI=1S/C25H25BrF3NO3/c1-33-22(32)24(18-6-8-20(26)9-7-18)12-14-30(15-13-24)21(31)16-23(10-11-23)17-2-4-19(5-3-17)25(27,28)29/h2-9H,10-16H2,1H3. The van der Waals surface area contributed by atoms with E-state index < -0.39 is 17.2 Å². The Hall–Kier alpha value is -2.35. The zero-order valence-electron chi connectivity index (χ0n) is 18.3. The third-order valence-electron chi connectivity index (χ3n) is 7.11. The molecule has 0 spiro atoms. The van der Waals surface area contributed by atoms with Gasteiger partial charge in [0, 0.05) is 29.4 Å². The molecule has 8 heteroatoms. The van der Waals surface area contributed by atoms with Crippen molar-refractivity contribution in [3.63, 3.8) is 0 Å². The van der Waals surface area contributed by atoms with Gasteiger partial charge >= 0.3 is 12.1 Å². The van der Waals surface area contributed by atoms with E-state index in [4.69, 9.17) is 4.74 Å². The Labute approximate surface area is 199 Å². The molecular weight excluding hydrogens is 499 g/mol. The molecule has 0 unspecified atom stereocenters. The first-order valence-electron chi connectivity index (χ1n) is 10.9. The van der Waals surface area contributed by atoms with Gasteiger partial charge in [0.2, 0.25) is 5.91 Å². The summed E-state index contributed by atoms with van der Waals surface area (Å²) in [6.07, 6.45) is -1.63. The Bertz CT molecular complexity index is 1020. The van der Waals surface area contributed by atoms with Gasteiger partial charge in [-0.1, -0.05) is 40.2 Å². The van der Waals surface area contributed by atoms with Crippen LogP contribution in [0.15, 0.2) is 53.0 Å². The molecule has 176 valence electrons. The Morgan fingerprint density at radius 2 is 1.48 bits per heavy atom. The first-order valence-corrected chi connectivity index (χ1v) is 11.7. The van der Waals surface area contributed by atoms with Crippen LogP contribution < -0.4 is 0 Å². The molecule has 1 saturated heterocycles. The van der Waals surface area contributed by atoms with E-state index in [9.17, 15) is 22.8 Å². The van der Waals surface area contributed by atoms with Crippen molar-refractivity contribution in [3.05, 3.63) is 69.7 Å². The lowest BCUT2D eigenvalue weighted by atomic mass is 9.72. The highest BCUT2D eigenvalue weighted by Crippen LogP contribution is 2.52. The largest absolute Gasteiger partial charge is 0.468 e. The van der Waals surface area contributed by atoms with Gasteiger partial charge < -0.3 is 9.64 Å². The predicted molar refractivity (Wildman–Crippen MR) is 121 cm³/mol. The van der Waals surface area contributed by atoms with Crippen LogP contribution in [0.4, 0.5) is 13.2 Å². The molecule has 0 N–H and O–H groups in total. The molecule has 1 aliphatic heterocycles. The minimum Gasteiger partial charge on any atom is -0.468 e. The van der Waals surface area contributed by atoms with E-state index in [1.165, 1.54) is 19.2 Å². The van der Waals surface area contributed by atoms with E-state index in [1.807, 2.05) is 24.3 Å². The number of nitrogens with zero attached hydrogens (tertiary/aromatic N) is 1. The Morgan fingerprint density at radius 3 is 1.97 bits per heavy atom. The summed E-state index contributed by atoms with van der Waals surface area (Å²) >= 11 is 3.41. The molecule has 1 saturated carbocycles. The maximum atomic E-state index is 13.1. The molecule has 2 fully saturated rings. The van der Waals surface area contributed by atoms with E-state index in [0.717, 1.165) is 40.6 Å².